The molecule has 0 aromatic carbocycles. The highest BCUT2D eigenvalue weighted by Gasteiger charge is 2.05. The summed E-state index contributed by atoms with van der Waals surface area (Å²) in [7, 11) is 0. The molecule has 66 valence electrons. The molecule has 0 atom stereocenters. The van der Waals surface area contributed by atoms with Gasteiger partial charge in [0.2, 0.25) is 0 Å². The van der Waals surface area contributed by atoms with Crippen molar-refractivity contribution < 1.29 is 0 Å². The molecule has 0 saturated carbocycles. The molecule has 0 radical (unpaired) electrons. The first-order chi connectivity index (χ1) is 6.29. The van der Waals surface area contributed by atoms with Gasteiger partial charge in [-0.1, -0.05) is 6.07 Å². The van der Waals surface area contributed by atoms with Crippen molar-refractivity contribution in [2.45, 2.75) is 6.92 Å². The summed E-state index contributed by atoms with van der Waals surface area (Å²) < 4.78 is 2.86. The van der Waals surface area contributed by atoms with Crippen LogP contribution in [0.2, 0.25) is 0 Å². The maximum Gasteiger partial charge on any atom is 0.138 e. The molecule has 2 aromatic rings. The third-order valence-corrected chi connectivity index (χ3v) is 2.33. The second-order valence-corrected chi connectivity index (χ2v) is 3.46. The molecule has 0 amide bonds. The van der Waals surface area contributed by atoms with Gasteiger partial charge in [-0.25, -0.2) is 9.97 Å². The van der Waals surface area contributed by atoms with E-state index in [9.17, 15) is 0 Å². The number of nitrogens with zero attached hydrogens (tertiary/aromatic N) is 3. The zero-order valence-corrected chi connectivity index (χ0v) is 8.69. The second-order valence-electron chi connectivity index (χ2n) is 2.65. The van der Waals surface area contributed by atoms with Crippen molar-refractivity contribution >= 4 is 15.9 Å². The molecule has 3 nitrogen and oxygen atoms in total. The monoisotopic (exact) mass is 237 g/mol. The molecule has 2 heterocycles. The highest BCUT2D eigenvalue weighted by atomic mass is 79.9. The highest BCUT2D eigenvalue weighted by molar-refractivity contribution is 9.10. The summed E-state index contributed by atoms with van der Waals surface area (Å²) in [5.74, 6) is 1.80. The van der Waals surface area contributed by atoms with Crippen LogP contribution in [0, 0.1) is 6.92 Å². The zero-order chi connectivity index (χ0) is 9.26. The lowest BCUT2D eigenvalue weighted by Crippen LogP contribution is -1.99. The van der Waals surface area contributed by atoms with Gasteiger partial charge in [-0.05, 0) is 35.0 Å². The first-order valence-electron chi connectivity index (χ1n) is 3.90. The minimum absolute atomic E-state index is 0.879. The Hall–Kier alpha value is -1.16. The van der Waals surface area contributed by atoms with E-state index in [1.807, 2.05) is 29.7 Å². The average Bonchev–Trinajstić information content (AvgIpc) is 2.48. The lowest BCUT2D eigenvalue weighted by Gasteiger charge is -2.03. The number of pyridine rings is 1. The molecule has 0 aliphatic heterocycles. The quantitative estimate of drug-likeness (QED) is 0.763. The van der Waals surface area contributed by atoms with Gasteiger partial charge in [-0.3, -0.25) is 4.57 Å². The van der Waals surface area contributed by atoms with Crippen LogP contribution in [-0.2, 0) is 0 Å². The first kappa shape index (κ1) is 8.44. The normalized spacial score (nSPS) is 10.3. The van der Waals surface area contributed by atoms with Crippen molar-refractivity contribution in [2.24, 2.45) is 0 Å². The third-order valence-electron chi connectivity index (χ3n) is 1.77. The topological polar surface area (TPSA) is 30.7 Å². The Bertz CT molecular complexity index is 389. The van der Waals surface area contributed by atoms with Gasteiger partial charge >= 0.3 is 0 Å². The smallest absolute Gasteiger partial charge is 0.138 e. The number of hydrogen-bond donors (Lipinski definition) is 0. The summed E-state index contributed by atoms with van der Waals surface area (Å²) >= 11 is 3.41. The third kappa shape index (κ3) is 1.49. The molecule has 0 bridgehead atoms. The van der Waals surface area contributed by atoms with E-state index in [4.69, 9.17) is 0 Å². The molecule has 0 saturated heterocycles. The van der Waals surface area contributed by atoms with E-state index in [0.717, 1.165) is 16.2 Å². The van der Waals surface area contributed by atoms with Crippen LogP contribution < -0.4 is 0 Å². The highest BCUT2D eigenvalue weighted by Crippen LogP contribution is 2.16. The molecule has 0 aliphatic rings. The standard InChI is InChI=1S/C9H8BrN3/c1-7-12-6-8(10)13(7)9-4-2-3-5-11-9/h2-6H,1H3. The Morgan fingerprint density at radius 1 is 1.31 bits per heavy atom. The Morgan fingerprint density at radius 2 is 2.15 bits per heavy atom. The molecule has 2 rings (SSSR count). The number of halogens is 1. The number of rotatable bonds is 1. The maximum atomic E-state index is 4.24. The van der Waals surface area contributed by atoms with Gasteiger partial charge in [0.25, 0.3) is 0 Å². The van der Waals surface area contributed by atoms with E-state index in [-0.39, 0.29) is 0 Å². The van der Waals surface area contributed by atoms with Crippen LogP contribution in [-0.4, -0.2) is 14.5 Å². The van der Waals surface area contributed by atoms with Gasteiger partial charge in [-0.15, -0.1) is 0 Å². The second kappa shape index (κ2) is 3.30. The molecular formula is C9H8BrN3. The van der Waals surface area contributed by atoms with Crippen LogP contribution in [0.3, 0.4) is 0 Å². The van der Waals surface area contributed by atoms with Gasteiger partial charge < -0.3 is 0 Å². The zero-order valence-electron chi connectivity index (χ0n) is 7.11. The van der Waals surface area contributed by atoms with Gasteiger partial charge in [0.05, 0.1) is 6.20 Å². The molecule has 0 spiro atoms. The molecule has 2 aromatic heterocycles. The van der Waals surface area contributed by atoms with Crippen molar-refractivity contribution in [1.82, 2.24) is 14.5 Å². The summed E-state index contributed by atoms with van der Waals surface area (Å²) in [5.41, 5.74) is 0. The van der Waals surface area contributed by atoms with E-state index in [1.165, 1.54) is 0 Å². The molecule has 0 fully saturated rings. The van der Waals surface area contributed by atoms with Gasteiger partial charge in [0.15, 0.2) is 0 Å². The van der Waals surface area contributed by atoms with Gasteiger partial charge in [-0.2, -0.15) is 0 Å². The van der Waals surface area contributed by atoms with Crippen molar-refractivity contribution in [3.05, 3.63) is 41.0 Å². The van der Waals surface area contributed by atoms with Crippen LogP contribution in [0.4, 0.5) is 0 Å². The maximum absolute atomic E-state index is 4.24. The predicted molar refractivity (Wildman–Crippen MR) is 53.8 cm³/mol. The van der Waals surface area contributed by atoms with E-state index >= 15 is 0 Å². The molecule has 0 aliphatic carbocycles. The fourth-order valence-corrected chi connectivity index (χ4v) is 1.72. The van der Waals surface area contributed by atoms with Crippen molar-refractivity contribution in [2.75, 3.05) is 0 Å². The van der Waals surface area contributed by atoms with Crippen LogP contribution in [0.15, 0.2) is 35.2 Å². The van der Waals surface area contributed by atoms with Gasteiger partial charge in [0, 0.05) is 6.20 Å². The summed E-state index contributed by atoms with van der Waals surface area (Å²) in [6.45, 7) is 1.94. The average molecular weight is 238 g/mol. The largest absolute Gasteiger partial charge is 0.275 e. The Kier molecular flexibility index (Phi) is 2.14. The Labute approximate surface area is 84.6 Å². The summed E-state index contributed by atoms with van der Waals surface area (Å²) in [6, 6.07) is 5.79. The molecule has 13 heavy (non-hydrogen) atoms. The summed E-state index contributed by atoms with van der Waals surface area (Å²) in [4.78, 5) is 8.40. The van der Waals surface area contributed by atoms with E-state index in [0.29, 0.717) is 0 Å². The number of hydrogen-bond acceptors (Lipinski definition) is 2. The lowest BCUT2D eigenvalue weighted by molar-refractivity contribution is 0.916. The minimum Gasteiger partial charge on any atom is -0.275 e. The van der Waals surface area contributed by atoms with Crippen LogP contribution in [0.25, 0.3) is 5.82 Å². The van der Waals surface area contributed by atoms with Gasteiger partial charge in [0.1, 0.15) is 16.2 Å². The molecular weight excluding hydrogens is 230 g/mol. The molecule has 4 heteroatoms. The number of imidazole rings is 1. The fourth-order valence-electron chi connectivity index (χ4n) is 1.18. The van der Waals surface area contributed by atoms with E-state index in [1.54, 1.807) is 12.4 Å². The van der Waals surface area contributed by atoms with Crippen molar-refractivity contribution in [1.29, 1.82) is 0 Å². The Morgan fingerprint density at radius 3 is 2.69 bits per heavy atom. The minimum atomic E-state index is 0.879. The molecule has 0 N–H and O–H groups in total. The van der Waals surface area contributed by atoms with E-state index in [2.05, 4.69) is 25.9 Å². The first-order valence-corrected chi connectivity index (χ1v) is 4.69. The van der Waals surface area contributed by atoms with Crippen LogP contribution in [0.5, 0.6) is 0 Å². The van der Waals surface area contributed by atoms with Crippen LogP contribution in [0.1, 0.15) is 5.82 Å². The van der Waals surface area contributed by atoms with Crippen LogP contribution >= 0.6 is 15.9 Å². The summed E-state index contributed by atoms with van der Waals surface area (Å²) in [6.07, 6.45) is 3.53. The molecule has 0 unspecified atom stereocenters. The summed E-state index contributed by atoms with van der Waals surface area (Å²) in [5, 5.41) is 0. The van der Waals surface area contributed by atoms with Crippen molar-refractivity contribution in [3.8, 4) is 5.82 Å². The fraction of sp³-hybridized carbons (Fsp3) is 0.111. The SMILES string of the molecule is Cc1ncc(Br)n1-c1ccccn1. The van der Waals surface area contributed by atoms with Crippen molar-refractivity contribution in [3.63, 3.8) is 0 Å². The lowest BCUT2D eigenvalue weighted by atomic mass is 10.4. The number of aryl methyl sites for hydroxylation is 1. The predicted octanol–water partition coefficient (Wildman–Crippen LogP) is 2.34. The Balaban J connectivity index is 2.59. The number of aromatic nitrogens is 3. The van der Waals surface area contributed by atoms with E-state index < -0.39 is 0 Å².